The van der Waals surface area contributed by atoms with Gasteiger partial charge in [-0.05, 0) is 284 Å². The van der Waals surface area contributed by atoms with Crippen molar-refractivity contribution in [3.63, 3.8) is 0 Å². The minimum Gasteiger partial charge on any atom is -0.490 e. The minimum absolute atomic E-state index is 0.212. The van der Waals surface area contributed by atoms with Gasteiger partial charge in [-0.15, -0.1) is 0 Å². The van der Waals surface area contributed by atoms with Gasteiger partial charge >= 0.3 is 0 Å². The average molecular weight is 1730 g/mol. The Morgan fingerprint density at radius 1 is 0.280 bits per heavy atom. The van der Waals surface area contributed by atoms with E-state index < -0.39 is 0 Å². The second-order valence-corrected chi connectivity index (χ2v) is 32.3. The van der Waals surface area contributed by atoms with Crippen LogP contribution in [0.3, 0.4) is 0 Å². The number of hydrogen-bond donors (Lipinski definition) is 3. The summed E-state index contributed by atoms with van der Waals surface area (Å²) in [5, 5.41) is 3.75. The van der Waals surface area contributed by atoms with E-state index in [2.05, 4.69) is 160 Å². The van der Waals surface area contributed by atoms with Crippen molar-refractivity contribution in [2.45, 2.75) is 97.8 Å². The van der Waals surface area contributed by atoms with E-state index in [4.69, 9.17) is 136 Å². The lowest BCUT2D eigenvalue weighted by atomic mass is 9.87. The van der Waals surface area contributed by atoms with Gasteiger partial charge in [0.1, 0.15) is 56.9 Å². The molecule has 12 aromatic rings. The first-order chi connectivity index (χ1) is 57.1. The zero-order valence-corrected chi connectivity index (χ0v) is 73.7. The summed E-state index contributed by atoms with van der Waals surface area (Å²) < 4.78 is 45.4. The molecule has 11 nitrogen and oxygen atoms in total. The smallest absolute Gasteiger partial charge is 0.156 e. The van der Waals surface area contributed by atoms with Gasteiger partial charge in [-0.2, -0.15) is 0 Å². The number of halogens is 7. The fourth-order valence-corrected chi connectivity index (χ4v) is 17.0. The number of aryl methyl sites for hydroxylation is 7. The molecule has 3 unspecified atom stereocenters. The van der Waals surface area contributed by atoms with Gasteiger partial charge in [0.05, 0.1) is 36.7 Å². The zero-order valence-electron chi connectivity index (χ0n) is 68.4. The largest absolute Gasteiger partial charge is 0.490 e. The molecule has 0 heterocycles. The summed E-state index contributed by atoms with van der Waals surface area (Å²) in [6.07, 6.45) is 5.46. The van der Waals surface area contributed by atoms with E-state index in [-0.39, 0.29) is 17.8 Å². The quantitative estimate of drug-likeness (QED) is 0.0319. The standard InChI is InChI=1S/C35H39Cl2NO3.C34H37Cl2NO3.C31H30Cl3NO2/c1-24-19-33(36)35(34(37)20-24)41-18-17-40-30-13-10-26(11-14-30)22-29(23-38)31-15-12-28(21-25(31)2)32-9-5-4-7-27(32)8-6-16-39-3;1-23-18-32(35)34(33(36)19-23)40-17-16-39-29-11-8-25(9-12-29)21-28(22-37)30-13-10-27(20-24(30)2)31-7-5-4-6-26(31)14-15-38-3;1-20-15-29(33)31(30(34)16-20)37-14-13-36-25-10-7-22(8-11-25)18-24(19-35)26-12-9-23(17-21(26)2)27-5-3-4-6-28(27)32/h4-5,7,9-15,19-21,29H,6,8,16-18,22-23,38H2,1-3H3;4-13,18-20,28H,14-17,21-22,37H2,1-3H3;3-12,15-17,24H,13-14,18-19,35H2,1-2H3. The fourth-order valence-electron chi connectivity index (χ4n) is 14.6. The van der Waals surface area contributed by atoms with Crippen LogP contribution in [-0.2, 0) is 41.6 Å². The van der Waals surface area contributed by atoms with Gasteiger partial charge in [0.25, 0.3) is 0 Å². The molecule has 12 rings (SSSR count). The van der Waals surface area contributed by atoms with Gasteiger partial charge < -0.3 is 55.1 Å². The van der Waals surface area contributed by atoms with Crippen molar-refractivity contribution in [2.24, 2.45) is 17.2 Å². The van der Waals surface area contributed by atoms with Crippen LogP contribution in [0.5, 0.6) is 34.5 Å². The minimum atomic E-state index is 0.212. The normalized spacial score (nSPS) is 11.8. The van der Waals surface area contributed by atoms with Crippen LogP contribution in [0.15, 0.2) is 237 Å². The molecule has 618 valence electrons. The van der Waals surface area contributed by atoms with Crippen molar-refractivity contribution in [2.75, 3.05) is 86.7 Å². The molecule has 6 N–H and O–H groups in total. The lowest BCUT2D eigenvalue weighted by molar-refractivity contribution is 0.195. The lowest BCUT2D eigenvalue weighted by Crippen LogP contribution is -2.16. The Morgan fingerprint density at radius 2 is 0.568 bits per heavy atom. The van der Waals surface area contributed by atoms with E-state index in [1.807, 2.05) is 118 Å². The van der Waals surface area contributed by atoms with Crippen molar-refractivity contribution >= 4 is 81.2 Å². The number of methoxy groups -OCH3 is 2. The van der Waals surface area contributed by atoms with E-state index in [1.165, 1.54) is 83.5 Å². The molecule has 0 aliphatic heterocycles. The molecule has 18 heteroatoms. The predicted octanol–water partition coefficient (Wildman–Crippen LogP) is 25.5. The summed E-state index contributed by atoms with van der Waals surface area (Å²) in [6.45, 7) is 17.6. The Hall–Kier alpha value is -8.73. The summed E-state index contributed by atoms with van der Waals surface area (Å²) in [4.78, 5) is 0. The molecule has 12 aromatic carbocycles. The van der Waals surface area contributed by atoms with Crippen LogP contribution in [0, 0.1) is 41.5 Å². The van der Waals surface area contributed by atoms with Crippen molar-refractivity contribution in [3.8, 4) is 67.9 Å². The van der Waals surface area contributed by atoms with Crippen LogP contribution in [0.4, 0.5) is 0 Å². The highest BCUT2D eigenvalue weighted by atomic mass is 35.5. The Balaban J connectivity index is 0.000000187. The molecule has 0 aliphatic carbocycles. The summed E-state index contributed by atoms with van der Waals surface area (Å²) >= 11 is 43.9. The monoisotopic (exact) mass is 1720 g/mol. The van der Waals surface area contributed by atoms with Gasteiger partial charge in [0.15, 0.2) is 17.2 Å². The molecule has 0 bridgehead atoms. The lowest BCUT2D eigenvalue weighted by Gasteiger charge is -2.20. The molecule has 0 amide bonds. The van der Waals surface area contributed by atoms with Crippen LogP contribution < -0.4 is 45.6 Å². The Kier molecular flexibility index (Phi) is 36.3. The number of benzene rings is 12. The van der Waals surface area contributed by atoms with Crippen LogP contribution in [-0.4, -0.2) is 86.7 Å². The third kappa shape index (κ3) is 26.6. The summed E-state index contributed by atoms with van der Waals surface area (Å²) in [6, 6.07) is 80.5. The maximum Gasteiger partial charge on any atom is 0.156 e. The van der Waals surface area contributed by atoms with Gasteiger partial charge in [-0.3, -0.25) is 0 Å². The highest BCUT2D eigenvalue weighted by Crippen LogP contribution is 2.40. The van der Waals surface area contributed by atoms with Crippen molar-refractivity contribution in [1.82, 2.24) is 0 Å². The van der Waals surface area contributed by atoms with Crippen LogP contribution >= 0.6 is 81.2 Å². The molecular formula is C100H106Cl7N3O8. The Morgan fingerprint density at radius 3 is 0.873 bits per heavy atom. The van der Waals surface area contributed by atoms with Crippen molar-refractivity contribution < 1.29 is 37.9 Å². The SMILES string of the molecule is COCCCc1ccccc1-c1ccc(C(CN)Cc2ccc(OCCOc3c(Cl)cc(C)cc3Cl)cc2)c(C)c1.COCCc1ccccc1-c1ccc(C(CN)Cc2ccc(OCCOc3c(Cl)cc(C)cc3Cl)cc2)c(C)c1.Cc1cc(Cl)c(OCCOc2ccc(CC(CN)c3ccc(-c4ccccc4Cl)cc3C)cc2)c(Cl)c1. The second-order valence-electron chi connectivity index (χ2n) is 29.5. The van der Waals surface area contributed by atoms with E-state index in [0.717, 1.165) is 95.2 Å². The highest BCUT2D eigenvalue weighted by molar-refractivity contribution is 6.38. The third-order valence-electron chi connectivity index (χ3n) is 20.6. The Bertz CT molecular complexity index is 5130. The van der Waals surface area contributed by atoms with Gasteiger partial charge in [-0.25, -0.2) is 0 Å². The molecule has 0 spiro atoms. The summed E-state index contributed by atoms with van der Waals surface area (Å²) in [5.41, 5.74) is 42.7. The average Bonchev–Trinajstić information content (AvgIpc) is 0.807. The van der Waals surface area contributed by atoms with Crippen LogP contribution in [0.1, 0.15) is 102 Å². The van der Waals surface area contributed by atoms with E-state index in [1.54, 1.807) is 14.2 Å². The fraction of sp³-hybridized carbons (Fsp3) is 0.280. The topological polar surface area (TPSA) is 152 Å². The predicted molar refractivity (Wildman–Crippen MR) is 493 cm³/mol. The molecule has 0 fully saturated rings. The second kappa shape index (κ2) is 46.7. The van der Waals surface area contributed by atoms with Gasteiger partial charge in [0, 0.05) is 49.2 Å². The molecule has 0 saturated heterocycles. The molecule has 3 atom stereocenters. The van der Waals surface area contributed by atoms with E-state index >= 15 is 0 Å². The van der Waals surface area contributed by atoms with Crippen LogP contribution in [0.2, 0.25) is 35.2 Å². The number of nitrogens with two attached hydrogens (primary N) is 3. The van der Waals surface area contributed by atoms with E-state index in [0.29, 0.717) is 113 Å². The highest BCUT2D eigenvalue weighted by Gasteiger charge is 2.21. The maximum absolute atomic E-state index is 6.40. The summed E-state index contributed by atoms with van der Waals surface area (Å²) in [7, 11) is 3.49. The van der Waals surface area contributed by atoms with Crippen molar-refractivity contribution in [1.29, 1.82) is 0 Å². The molecule has 0 radical (unpaired) electrons. The maximum atomic E-state index is 6.40. The third-order valence-corrected chi connectivity index (χ3v) is 22.6. The Labute approximate surface area is 732 Å². The first-order valence-corrected chi connectivity index (χ1v) is 42.5. The number of hydrogen-bond acceptors (Lipinski definition) is 11. The molecule has 0 aliphatic rings. The number of rotatable bonds is 37. The molecule has 0 aromatic heterocycles. The molecule has 0 saturated carbocycles. The van der Waals surface area contributed by atoms with Crippen LogP contribution in [0.25, 0.3) is 33.4 Å². The van der Waals surface area contributed by atoms with Gasteiger partial charge in [-0.1, -0.05) is 239 Å². The first-order valence-electron chi connectivity index (χ1n) is 39.9. The molecule has 118 heavy (non-hydrogen) atoms. The van der Waals surface area contributed by atoms with Crippen molar-refractivity contribution in [3.05, 3.63) is 350 Å². The van der Waals surface area contributed by atoms with Gasteiger partial charge in [0.2, 0.25) is 0 Å². The molecular weight excluding hydrogens is 1620 g/mol. The zero-order chi connectivity index (χ0) is 84.0. The first kappa shape index (κ1) is 91.6. The van der Waals surface area contributed by atoms with E-state index in [9.17, 15) is 0 Å². The summed E-state index contributed by atoms with van der Waals surface area (Å²) in [5.74, 6) is 4.46. The number of ether oxygens (including phenoxy) is 8.